The maximum Gasteiger partial charge on any atom is 0.136 e. The van der Waals surface area contributed by atoms with Gasteiger partial charge in [0.25, 0.3) is 0 Å². The largest absolute Gasteiger partial charge is 0.463 e. The number of aliphatic hydroxyl groups is 1. The van der Waals surface area contributed by atoms with Gasteiger partial charge in [0.15, 0.2) is 0 Å². The van der Waals surface area contributed by atoms with Crippen molar-refractivity contribution in [3.05, 3.63) is 23.7 Å². The molecule has 0 saturated heterocycles. The molecule has 0 aromatic carbocycles. The number of rotatable bonds is 5. The first-order valence-corrected chi connectivity index (χ1v) is 5.42. The van der Waals surface area contributed by atoms with Gasteiger partial charge in [-0.05, 0) is 38.4 Å². The van der Waals surface area contributed by atoms with E-state index in [9.17, 15) is 5.11 Å². The molecule has 2 N–H and O–H groups in total. The van der Waals surface area contributed by atoms with Crippen LogP contribution in [0.2, 0.25) is 0 Å². The van der Waals surface area contributed by atoms with Crippen LogP contribution in [0.15, 0.2) is 16.5 Å². The zero-order valence-electron chi connectivity index (χ0n) is 10.0. The lowest BCUT2D eigenvalue weighted by atomic mass is 10.0. The lowest BCUT2D eigenvalue weighted by Gasteiger charge is -2.22. The predicted octanol–water partition coefficient (Wildman–Crippen LogP) is 2.04. The third-order valence-corrected chi connectivity index (χ3v) is 2.29. The van der Waals surface area contributed by atoms with Gasteiger partial charge < -0.3 is 14.8 Å². The fourth-order valence-corrected chi connectivity index (χ4v) is 1.42. The molecule has 0 bridgehead atoms. The van der Waals surface area contributed by atoms with Crippen molar-refractivity contribution in [1.29, 1.82) is 0 Å². The molecule has 1 aromatic rings. The van der Waals surface area contributed by atoms with Gasteiger partial charge in [0.2, 0.25) is 0 Å². The van der Waals surface area contributed by atoms with Gasteiger partial charge >= 0.3 is 0 Å². The molecular formula is C12H21NO2. The number of nitrogens with one attached hydrogen (secondary N) is 1. The summed E-state index contributed by atoms with van der Waals surface area (Å²) >= 11 is 0. The Bertz CT molecular complexity index is 302. The van der Waals surface area contributed by atoms with E-state index < -0.39 is 5.60 Å². The molecule has 0 radical (unpaired) electrons. The smallest absolute Gasteiger partial charge is 0.136 e. The van der Waals surface area contributed by atoms with Crippen LogP contribution < -0.4 is 5.32 Å². The van der Waals surface area contributed by atoms with Crippen molar-refractivity contribution in [2.45, 2.75) is 33.3 Å². The number of hydrogen-bond donors (Lipinski definition) is 2. The highest BCUT2D eigenvalue weighted by atomic mass is 16.4. The highest BCUT2D eigenvalue weighted by Crippen LogP contribution is 2.21. The van der Waals surface area contributed by atoms with Crippen LogP contribution in [0.25, 0.3) is 0 Å². The van der Waals surface area contributed by atoms with Crippen LogP contribution in [0.4, 0.5) is 0 Å². The Morgan fingerprint density at radius 3 is 2.60 bits per heavy atom. The van der Waals surface area contributed by atoms with Gasteiger partial charge in [0.1, 0.15) is 17.1 Å². The standard InChI is InChI=1S/C12H21NO2/c1-9(2)7-13-8-12(4,14)11-6-5-10(3)15-11/h5-6,9,13-14H,7-8H2,1-4H3. The summed E-state index contributed by atoms with van der Waals surface area (Å²) in [5.74, 6) is 2.03. The summed E-state index contributed by atoms with van der Waals surface area (Å²) in [6.07, 6.45) is 0. The summed E-state index contributed by atoms with van der Waals surface area (Å²) in [5.41, 5.74) is -0.927. The van der Waals surface area contributed by atoms with E-state index >= 15 is 0 Å². The van der Waals surface area contributed by atoms with Crippen molar-refractivity contribution < 1.29 is 9.52 Å². The van der Waals surface area contributed by atoms with Crippen molar-refractivity contribution >= 4 is 0 Å². The first kappa shape index (κ1) is 12.3. The molecule has 0 aliphatic carbocycles. The van der Waals surface area contributed by atoms with Gasteiger partial charge in [-0.2, -0.15) is 0 Å². The Morgan fingerprint density at radius 1 is 1.47 bits per heavy atom. The van der Waals surface area contributed by atoms with Crippen molar-refractivity contribution in [2.24, 2.45) is 5.92 Å². The quantitative estimate of drug-likeness (QED) is 0.783. The van der Waals surface area contributed by atoms with E-state index in [1.807, 2.05) is 19.1 Å². The monoisotopic (exact) mass is 211 g/mol. The zero-order chi connectivity index (χ0) is 11.5. The average Bonchev–Trinajstić information content (AvgIpc) is 2.51. The number of furan rings is 1. The second-order valence-corrected chi connectivity index (χ2v) is 4.71. The minimum absolute atomic E-state index is 0.512. The molecule has 3 heteroatoms. The van der Waals surface area contributed by atoms with Crippen LogP contribution in [-0.2, 0) is 5.60 Å². The second-order valence-electron chi connectivity index (χ2n) is 4.71. The summed E-state index contributed by atoms with van der Waals surface area (Å²) in [4.78, 5) is 0. The fourth-order valence-electron chi connectivity index (χ4n) is 1.42. The molecule has 0 spiro atoms. The minimum Gasteiger partial charge on any atom is -0.463 e. The maximum atomic E-state index is 10.2. The SMILES string of the molecule is Cc1ccc(C(C)(O)CNCC(C)C)o1. The van der Waals surface area contributed by atoms with Crippen LogP contribution >= 0.6 is 0 Å². The van der Waals surface area contributed by atoms with Crippen molar-refractivity contribution in [2.75, 3.05) is 13.1 Å². The fraction of sp³-hybridized carbons (Fsp3) is 0.667. The van der Waals surface area contributed by atoms with Gasteiger partial charge in [-0.15, -0.1) is 0 Å². The third kappa shape index (κ3) is 3.68. The summed E-state index contributed by atoms with van der Waals surface area (Å²) < 4.78 is 5.42. The lowest BCUT2D eigenvalue weighted by Crippen LogP contribution is -2.36. The van der Waals surface area contributed by atoms with Crippen molar-refractivity contribution in [1.82, 2.24) is 5.32 Å². The second kappa shape index (κ2) is 4.81. The van der Waals surface area contributed by atoms with Gasteiger partial charge in [0, 0.05) is 6.54 Å². The molecule has 1 rings (SSSR count). The molecular weight excluding hydrogens is 190 g/mol. The minimum atomic E-state index is -0.927. The molecule has 3 nitrogen and oxygen atoms in total. The van der Waals surface area contributed by atoms with Crippen LogP contribution in [0.1, 0.15) is 32.3 Å². The number of aryl methyl sites for hydroxylation is 1. The van der Waals surface area contributed by atoms with Crippen molar-refractivity contribution in [3.63, 3.8) is 0 Å². The molecule has 1 unspecified atom stereocenters. The summed E-state index contributed by atoms with van der Waals surface area (Å²) in [6, 6.07) is 3.69. The molecule has 0 fully saturated rings. The van der Waals surface area contributed by atoms with Gasteiger partial charge in [-0.25, -0.2) is 0 Å². The van der Waals surface area contributed by atoms with Crippen LogP contribution in [0, 0.1) is 12.8 Å². The van der Waals surface area contributed by atoms with E-state index in [2.05, 4.69) is 19.2 Å². The average molecular weight is 211 g/mol. The van der Waals surface area contributed by atoms with E-state index in [1.54, 1.807) is 6.92 Å². The van der Waals surface area contributed by atoms with Crippen LogP contribution in [-0.4, -0.2) is 18.2 Å². The Morgan fingerprint density at radius 2 is 2.13 bits per heavy atom. The molecule has 1 aromatic heterocycles. The predicted molar refractivity (Wildman–Crippen MR) is 60.7 cm³/mol. The Balaban J connectivity index is 2.51. The molecule has 1 atom stereocenters. The van der Waals surface area contributed by atoms with Gasteiger partial charge in [0.05, 0.1) is 0 Å². The number of hydrogen-bond acceptors (Lipinski definition) is 3. The molecule has 0 aliphatic heterocycles. The molecule has 15 heavy (non-hydrogen) atoms. The highest BCUT2D eigenvalue weighted by Gasteiger charge is 2.26. The summed E-state index contributed by atoms with van der Waals surface area (Å²) in [5, 5.41) is 13.4. The summed E-state index contributed by atoms with van der Waals surface area (Å²) in [6.45, 7) is 9.32. The lowest BCUT2D eigenvalue weighted by molar-refractivity contribution is 0.0331. The Kier molecular flexibility index (Phi) is 3.94. The van der Waals surface area contributed by atoms with E-state index in [0.29, 0.717) is 18.2 Å². The van der Waals surface area contributed by atoms with Crippen LogP contribution in [0.5, 0.6) is 0 Å². The first-order valence-electron chi connectivity index (χ1n) is 5.42. The highest BCUT2D eigenvalue weighted by molar-refractivity contribution is 5.12. The molecule has 0 saturated carbocycles. The molecule has 0 aliphatic rings. The maximum absolute atomic E-state index is 10.2. The molecule has 1 heterocycles. The van der Waals surface area contributed by atoms with Crippen molar-refractivity contribution in [3.8, 4) is 0 Å². The Hall–Kier alpha value is -0.800. The van der Waals surface area contributed by atoms with E-state index in [1.165, 1.54) is 0 Å². The van der Waals surface area contributed by atoms with Gasteiger partial charge in [-0.3, -0.25) is 0 Å². The topological polar surface area (TPSA) is 45.4 Å². The normalized spacial score (nSPS) is 15.6. The molecule has 86 valence electrons. The third-order valence-electron chi connectivity index (χ3n) is 2.29. The first-order chi connectivity index (χ1) is 6.92. The zero-order valence-corrected chi connectivity index (χ0v) is 10.0. The summed E-state index contributed by atoms with van der Waals surface area (Å²) in [7, 11) is 0. The van der Waals surface area contributed by atoms with Crippen LogP contribution in [0.3, 0.4) is 0 Å². The van der Waals surface area contributed by atoms with E-state index in [0.717, 1.165) is 12.3 Å². The van der Waals surface area contributed by atoms with E-state index in [-0.39, 0.29) is 0 Å². The van der Waals surface area contributed by atoms with Gasteiger partial charge in [-0.1, -0.05) is 13.8 Å². The molecule has 0 amide bonds. The Labute approximate surface area is 91.5 Å². The van der Waals surface area contributed by atoms with E-state index in [4.69, 9.17) is 4.42 Å².